The lowest BCUT2D eigenvalue weighted by Gasteiger charge is -2.22. The molecule has 0 fully saturated rings. The van der Waals surface area contributed by atoms with Gasteiger partial charge in [-0.05, 0) is 63.4 Å². The van der Waals surface area contributed by atoms with Gasteiger partial charge in [0.1, 0.15) is 5.75 Å². The number of hydrogen-bond acceptors (Lipinski definition) is 3. The van der Waals surface area contributed by atoms with E-state index in [4.69, 9.17) is 13.6 Å². The molecule has 0 atom stereocenters. The first-order valence-electron chi connectivity index (χ1n) is 7.11. The molecule has 0 unspecified atom stereocenters. The van der Waals surface area contributed by atoms with E-state index in [1.807, 2.05) is 6.07 Å². The van der Waals surface area contributed by atoms with Gasteiger partial charge in [0.15, 0.2) is 14.1 Å². The molecule has 0 saturated carbocycles. The molecule has 0 aliphatic heterocycles. The van der Waals surface area contributed by atoms with Crippen LogP contribution in [0.15, 0.2) is 18.2 Å². The van der Waals surface area contributed by atoms with Gasteiger partial charge in [-0.25, -0.2) is 0 Å². The average Bonchev–Trinajstić information content (AvgIpc) is 2.25. The Labute approximate surface area is 125 Å². The second-order valence-corrected chi connectivity index (χ2v) is 15.9. The third-order valence-electron chi connectivity index (χ3n) is 2.57. The fourth-order valence-electron chi connectivity index (χ4n) is 1.76. The molecule has 0 radical (unpaired) electrons. The zero-order valence-electron chi connectivity index (χ0n) is 13.9. The summed E-state index contributed by atoms with van der Waals surface area (Å²) < 4.78 is 17.4. The Morgan fingerprint density at radius 2 is 1.55 bits per heavy atom. The highest BCUT2D eigenvalue weighted by molar-refractivity contribution is 6.70. The minimum absolute atomic E-state index is 0.772. The van der Waals surface area contributed by atoms with Crippen molar-refractivity contribution in [2.75, 3.05) is 13.7 Å². The molecule has 0 bridgehead atoms. The van der Waals surface area contributed by atoms with Crippen LogP contribution in [0.25, 0.3) is 0 Å². The Morgan fingerprint density at radius 3 is 2.05 bits per heavy atom. The van der Waals surface area contributed by atoms with Gasteiger partial charge < -0.3 is 13.6 Å². The van der Waals surface area contributed by atoms with Crippen LogP contribution >= 0.6 is 0 Å². The summed E-state index contributed by atoms with van der Waals surface area (Å²) in [6.07, 6.45) is 0.913. The quantitative estimate of drug-likeness (QED) is 0.702. The summed E-state index contributed by atoms with van der Waals surface area (Å²) >= 11 is 0. The summed E-state index contributed by atoms with van der Waals surface area (Å²) in [5, 5.41) is 0. The van der Waals surface area contributed by atoms with Crippen molar-refractivity contribution in [3.05, 3.63) is 23.8 Å². The predicted molar refractivity (Wildman–Crippen MR) is 90.0 cm³/mol. The standard InChI is InChI=1S/C15H28O3Si2/c1-16-14-9-8-13(10-11-17-19(2,3)4)12-15(14)18-20(5,6)7/h8-9,12H,10-11H2,1-7H3. The summed E-state index contributed by atoms with van der Waals surface area (Å²) in [5.74, 6) is 1.67. The Kier molecular flexibility index (Phi) is 5.85. The van der Waals surface area contributed by atoms with Crippen molar-refractivity contribution in [3.8, 4) is 11.5 Å². The summed E-state index contributed by atoms with van der Waals surface area (Å²) in [7, 11) is -1.38. The van der Waals surface area contributed by atoms with Crippen molar-refractivity contribution in [2.45, 2.75) is 45.7 Å². The monoisotopic (exact) mass is 312 g/mol. The van der Waals surface area contributed by atoms with Gasteiger partial charge in [-0.3, -0.25) is 0 Å². The molecule has 0 N–H and O–H groups in total. The maximum absolute atomic E-state index is 6.09. The molecule has 1 rings (SSSR count). The van der Waals surface area contributed by atoms with Crippen LogP contribution in [0, 0.1) is 0 Å². The van der Waals surface area contributed by atoms with E-state index in [0.29, 0.717) is 0 Å². The third-order valence-corrected chi connectivity index (χ3v) is 4.47. The van der Waals surface area contributed by atoms with Crippen molar-refractivity contribution in [3.63, 3.8) is 0 Å². The highest BCUT2D eigenvalue weighted by Gasteiger charge is 2.19. The normalized spacial score (nSPS) is 12.3. The lowest BCUT2D eigenvalue weighted by molar-refractivity contribution is 0.315. The predicted octanol–water partition coefficient (Wildman–Crippen LogP) is 4.30. The van der Waals surface area contributed by atoms with Crippen molar-refractivity contribution in [1.29, 1.82) is 0 Å². The minimum atomic E-state index is -1.63. The largest absolute Gasteiger partial charge is 0.542 e. The van der Waals surface area contributed by atoms with E-state index in [9.17, 15) is 0 Å². The number of benzene rings is 1. The second-order valence-electron chi connectivity index (χ2n) is 6.91. The number of ether oxygens (including phenoxy) is 1. The van der Waals surface area contributed by atoms with Crippen LogP contribution in [0.3, 0.4) is 0 Å². The summed E-state index contributed by atoms with van der Waals surface area (Å²) in [4.78, 5) is 0. The highest BCUT2D eigenvalue weighted by Crippen LogP contribution is 2.30. The minimum Gasteiger partial charge on any atom is -0.542 e. The van der Waals surface area contributed by atoms with E-state index in [1.54, 1.807) is 7.11 Å². The van der Waals surface area contributed by atoms with Gasteiger partial charge in [-0.1, -0.05) is 6.07 Å². The van der Waals surface area contributed by atoms with Crippen LogP contribution in [-0.2, 0) is 10.8 Å². The van der Waals surface area contributed by atoms with Gasteiger partial charge in [0.2, 0.25) is 8.32 Å². The van der Waals surface area contributed by atoms with Crippen LogP contribution in [0.2, 0.25) is 39.3 Å². The zero-order chi connectivity index (χ0) is 15.4. The Hall–Kier alpha value is -0.786. The molecule has 0 aliphatic carbocycles. The maximum Gasteiger partial charge on any atom is 0.242 e. The van der Waals surface area contributed by atoms with Gasteiger partial charge in [0.25, 0.3) is 0 Å². The SMILES string of the molecule is COc1ccc(CCO[Si](C)(C)C)cc1O[Si](C)(C)C. The van der Waals surface area contributed by atoms with Gasteiger partial charge in [0, 0.05) is 6.61 Å². The summed E-state index contributed by atoms with van der Waals surface area (Å²) in [6, 6.07) is 6.16. The van der Waals surface area contributed by atoms with E-state index < -0.39 is 16.6 Å². The Balaban J connectivity index is 2.76. The topological polar surface area (TPSA) is 27.7 Å². The third kappa shape index (κ3) is 6.59. The molecule has 0 amide bonds. The first-order valence-corrected chi connectivity index (χ1v) is 13.9. The molecule has 0 aromatic heterocycles. The molecule has 1 aromatic carbocycles. The number of methoxy groups -OCH3 is 1. The van der Waals surface area contributed by atoms with E-state index in [0.717, 1.165) is 24.5 Å². The first kappa shape index (κ1) is 17.3. The molecular formula is C15H28O3Si2. The molecule has 0 saturated heterocycles. The van der Waals surface area contributed by atoms with Gasteiger partial charge in [-0.15, -0.1) is 0 Å². The average molecular weight is 313 g/mol. The maximum atomic E-state index is 6.09. The first-order chi connectivity index (χ1) is 9.11. The summed E-state index contributed by atoms with van der Waals surface area (Å²) in [5.41, 5.74) is 1.23. The fraction of sp³-hybridized carbons (Fsp3) is 0.600. The van der Waals surface area contributed by atoms with Gasteiger partial charge in [0.05, 0.1) is 7.11 Å². The molecular weight excluding hydrogens is 284 g/mol. The smallest absolute Gasteiger partial charge is 0.242 e. The Bertz CT molecular complexity index is 434. The van der Waals surface area contributed by atoms with Crippen molar-refractivity contribution in [1.82, 2.24) is 0 Å². The molecule has 5 heteroatoms. The molecule has 3 nitrogen and oxygen atoms in total. The molecule has 0 heterocycles. The lowest BCUT2D eigenvalue weighted by Crippen LogP contribution is -2.29. The molecule has 0 spiro atoms. The summed E-state index contributed by atoms with van der Waals surface area (Å²) in [6.45, 7) is 13.9. The van der Waals surface area contributed by atoms with E-state index in [2.05, 4.69) is 51.4 Å². The van der Waals surface area contributed by atoms with Crippen molar-refractivity contribution in [2.24, 2.45) is 0 Å². The van der Waals surface area contributed by atoms with Crippen LogP contribution in [0.5, 0.6) is 11.5 Å². The fourth-order valence-corrected chi connectivity index (χ4v) is 3.30. The van der Waals surface area contributed by atoms with Gasteiger partial charge >= 0.3 is 0 Å². The molecule has 114 valence electrons. The van der Waals surface area contributed by atoms with E-state index in [-0.39, 0.29) is 0 Å². The number of hydrogen-bond donors (Lipinski definition) is 0. The van der Waals surface area contributed by atoms with Crippen LogP contribution < -0.4 is 9.16 Å². The zero-order valence-corrected chi connectivity index (χ0v) is 15.9. The number of rotatable bonds is 7. The van der Waals surface area contributed by atoms with Crippen LogP contribution in [0.1, 0.15) is 5.56 Å². The van der Waals surface area contributed by atoms with Crippen LogP contribution in [0.4, 0.5) is 0 Å². The van der Waals surface area contributed by atoms with E-state index in [1.165, 1.54) is 5.56 Å². The van der Waals surface area contributed by atoms with Crippen molar-refractivity contribution >= 4 is 16.6 Å². The Morgan fingerprint density at radius 1 is 0.900 bits per heavy atom. The van der Waals surface area contributed by atoms with Crippen molar-refractivity contribution < 1.29 is 13.6 Å². The van der Waals surface area contributed by atoms with E-state index >= 15 is 0 Å². The molecule has 0 aliphatic rings. The highest BCUT2D eigenvalue weighted by atomic mass is 28.4. The van der Waals surface area contributed by atoms with Crippen LogP contribution in [-0.4, -0.2) is 30.4 Å². The molecule has 20 heavy (non-hydrogen) atoms. The lowest BCUT2D eigenvalue weighted by atomic mass is 10.1. The molecule has 1 aromatic rings. The second kappa shape index (κ2) is 6.78. The van der Waals surface area contributed by atoms with Gasteiger partial charge in [-0.2, -0.15) is 0 Å².